The highest BCUT2D eigenvalue weighted by Crippen LogP contribution is 2.40. The van der Waals surface area contributed by atoms with E-state index in [0.717, 1.165) is 6.08 Å². The zero-order valence-electron chi connectivity index (χ0n) is 17.7. The first-order valence-corrected chi connectivity index (χ1v) is 10.3. The van der Waals surface area contributed by atoms with Gasteiger partial charge in [0.2, 0.25) is 0 Å². The van der Waals surface area contributed by atoms with Gasteiger partial charge in [-0.1, -0.05) is 74.2 Å². The Morgan fingerprint density at radius 3 is 2.21 bits per heavy atom. The fraction of sp³-hybridized carbons (Fsp3) is 0.222. The first-order valence-electron chi connectivity index (χ1n) is 10.3. The van der Waals surface area contributed by atoms with Crippen molar-refractivity contribution < 1.29 is 27.5 Å². The van der Waals surface area contributed by atoms with Gasteiger partial charge in [0, 0.05) is 12.3 Å². The van der Waals surface area contributed by atoms with Crippen LogP contribution in [0.3, 0.4) is 0 Å². The van der Waals surface area contributed by atoms with Crippen molar-refractivity contribution in [3.05, 3.63) is 101 Å². The highest BCUT2D eigenvalue weighted by molar-refractivity contribution is 6.15. The van der Waals surface area contributed by atoms with Crippen LogP contribution in [0.5, 0.6) is 0 Å². The zero-order chi connectivity index (χ0) is 23.6. The molecule has 1 aliphatic carbocycles. The van der Waals surface area contributed by atoms with Gasteiger partial charge in [-0.15, -0.1) is 0 Å². The fourth-order valence-electron chi connectivity index (χ4n) is 3.98. The molecule has 0 bridgehead atoms. The van der Waals surface area contributed by atoms with Crippen LogP contribution in [0, 0.1) is 5.92 Å². The average molecular weight is 467 g/mol. The highest BCUT2D eigenvalue weighted by atomic mass is 19.4. The Balaban J connectivity index is 0.00000324. The molecule has 4 nitrogen and oxygen atoms in total. The van der Waals surface area contributed by atoms with Crippen LogP contribution in [-0.2, 0) is 14.3 Å². The van der Waals surface area contributed by atoms with E-state index in [0.29, 0.717) is 16.7 Å². The van der Waals surface area contributed by atoms with Gasteiger partial charge in [-0.25, -0.2) is 4.99 Å². The summed E-state index contributed by atoms with van der Waals surface area (Å²) in [6.07, 6.45) is -0.729. The molecular weight excluding hydrogens is 443 g/mol. The molecule has 176 valence electrons. The van der Waals surface area contributed by atoms with Gasteiger partial charge in [0.25, 0.3) is 0 Å². The minimum Gasteiger partial charge on any atom is -0.469 e. The molecule has 2 aromatic rings. The van der Waals surface area contributed by atoms with Crippen LogP contribution in [0.2, 0.25) is 0 Å². The summed E-state index contributed by atoms with van der Waals surface area (Å²) in [4.78, 5) is 29.4. The molecule has 2 aliphatic rings. The Kier molecular flexibility index (Phi) is 7.35. The van der Waals surface area contributed by atoms with Gasteiger partial charge in [-0.05, 0) is 28.9 Å². The smallest absolute Gasteiger partial charge is 0.418 e. The van der Waals surface area contributed by atoms with Crippen LogP contribution in [0.25, 0.3) is 5.57 Å². The number of fused-ring (bicyclic) bond motifs is 1. The number of nitrogens with zero attached hydrogens (tertiary/aromatic N) is 1. The maximum atomic E-state index is 13.8. The van der Waals surface area contributed by atoms with E-state index in [1.54, 1.807) is 66.7 Å². The first kappa shape index (κ1) is 24.9. The Morgan fingerprint density at radius 2 is 1.62 bits per heavy atom. The molecule has 0 saturated carbocycles. The van der Waals surface area contributed by atoms with Crippen molar-refractivity contribution in [3.8, 4) is 0 Å². The number of ether oxygens (including phenoxy) is 1. The number of rotatable bonds is 6. The summed E-state index contributed by atoms with van der Waals surface area (Å²) in [5.74, 6) is -2.78. The van der Waals surface area contributed by atoms with Crippen LogP contribution in [0.1, 0.15) is 30.9 Å². The monoisotopic (exact) mass is 467 g/mol. The SMILES string of the molecule is C.COC(=O)C(CC(=O)C1=CC2C=C(c3ccccc3)C=C(C(F)(F)F)C2=N1)c1ccccc1. The van der Waals surface area contributed by atoms with Crippen molar-refractivity contribution in [1.29, 1.82) is 0 Å². The second-order valence-electron chi connectivity index (χ2n) is 7.73. The van der Waals surface area contributed by atoms with E-state index in [1.807, 2.05) is 0 Å². The van der Waals surface area contributed by atoms with Crippen LogP contribution in [0.15, 0.2) is 95.2 Å². The number of methoxy groups -OCH3 is 1. The molecule has 1 heterocycles. The molecule has 0 saturated heterocycles. The summed E-state index contributed by atoms with van der Waals surface area (Å²) in [5.41, 5.74) is 0.472. The van der Waals surface area contributed by atoms with E-state index >= 15 is 0 Å². The minimum atomic E-state index is -4.63. The van der Waals surface area contributed by atoms with Gasteiger partial charge < -0.3 is 4.74 Å². The van der Waals surface area contributed by atoms with Gasteiger partial charge in [0.05, 0.1) is 24.3 Å². The molecule has 7 heteroatoms. The van der Waals surface area contributed by atoms with Gasteiger partial charge in [0.15, 0.2) is 5.78 Å². The second kappa shape index (κ2) is 10.0. The molecule has 0 radical (unpaired) electrons. The molecule has 0 N–H and O–H groups in total. The average Bonchev–Trinajstić information content (AvgIpc) is 3.26. The van der Waals surface area contributed by atoms with E-state index in [2.05, 4.69) is 4.99 Å². The van der Waals surface area contributed by atoms with Gasteiger partial charge in [-0.2, -0.15) is 13.2 Å². The number of carbonyl (C=O) groups excluding carboxylic acids is 2. The van der Waals surface area contributed by atoms with Crippen molar-refractivity contribution in [1.82, 2.24) is 0 Å². The van der Waals surface area contributed by atoms with Crippen LogP contribution < -0.4 is 0 Å². The van der Waals surface area contributed by atoms with Crippen molar-refractivity contribution >= 4 is 23.0 Å². The Hall–Kier alpha value is -3.74. The number of esters is 1. The summed E-state index contributed by atoms with van der Waals surface area (Å²) in [6, 6.07) is 17.4. The van der Waals surface area contributed by atoms with E-state index in [9.17, 15) is 22.8 Å². The lowest BCUT2D eigenvalue weighted by atomic mass is 9.86. The summed E-state index contributed by atoms with van der Waals surface area (Å²) < 4.78 is 46.3. The zero-order valence-corrected chi connectivity index (χ0v) is 17.7. The predicted molar refractivity (Wildman–Crippen MR) is 125 cm³/mol. The predicted octanol–water partition coefficient (Wildman–Crippen LogP) is 6.08. The standard InChI is InChI=1S/C26H20F3NO3.CH4/c1-33-25(32)20(17-10-6-3-7-11-17)15-23(31)22-14-19-12-18(16-8-4-2-5-9-16)13-21(24(19)30-22)26(27,28)29;/h2-14,19-20H,15H2,1H3;1H4. The normalized spacial score (nSPS) is 17.8. The molecule has 1 aliphatic heterocycles. The quantitative estimate of drug-likeness (QED) is 0.484. The summed E-state index contributed by atoms with van der Waals surface area (Å²) in [5, 5.41) is 0. The third-order valence-electron chi connectivity index (χ3n) is 5.60. The number of alkyl halides is 3. The molecule has 0 amide bonds. The fourth-order valence-corrected chi connectivity index (χ4v) is 3.98. The lowest BCUT2D eigenvalue weighted by Gasteiger charge is -2.21. The van der Waals surface area contributed by atoms with E-state index in [1.165, 1.54) is 13.2 Å². The van der Waals surface area contributed by atoms with Crippen LogP contribution in [-0.4, -0.2) is 30.8 Å². The first-order chi connectivity index (χ1) is 15.8. The van der Waals surface area contributed by atoms with Crippen LogP contribution in [0.4, 0.5) is 13.2 Å². The third-order valence-corrected chi connectivity index (χ3v) is 5.60. The molecule has 2 unspecified atom stereocenters. The second-order valence-corrected chi connectivity index (χ2v) is 7.73. The lowest BCUT2D eigenvalue weighted by molar-refractivity contribution is -0.143. The molecule has 0 aromatic heterocycles. The topological polar surface area (TPSA) is 55.7 Å². The minimum absolute atomic E-state index is 0. The number of allylic oxidation sites excluding steroid dienone is 6. The van der Waals surface area contributed by atoms with E-state index in [-0.39, 0.29) is 25.3 Å². The maximum absolute atomic E-state index is 13.8. The number of hydrogen-bond acceptors (Lipinski definition) is 4. The summed E-state index contributed by atoms with van der Waals surface area (Å²) in [7, 11) is 1.22. The number of halogens is 3. The molecule has 34 heavy (non-hydrogen) atoms. The van der Waals surface area contributed by atoms with Crippen molar-refractivity contribution in [2.45, 2.75) is 25.9 Å². The number of ketones is 1. The third kappa shape index (κ3) is 5.09. The number of Topliss-reactive ketones (excluding diaryl/α,β-unsaturated/α-hetero) is 1. The van der Waals surface area contributed by atoms with E-state index in [4.69, 9.17) is 4.74 Å². The maximum Gasteiger partial charge on any atom is 0.418 e. The lowest BCUT2D eigenvalue weighted by Crippen LogP contribution is -2.26. The largest absolute Gasteiger partial charge is 0.469 e. The molecule has 4 rings (SSSR count). The van der Waals surface area contributed by atoms with Gasteiger partial charge in [0.1, 0.15) is 5.70 Å². The Bertz CT molecular complexity index is 1190. The molecular formula is C27H24F3NO3. The van der Waals surface area contributed by atoms with E-state index < -0.39 is 35.3 Å². The van der Waals surface area contributed by atoms with Crippen molar-refractivity contribution in [2.24, 2.45) is 10.9 Å². The summed E-state index contributed by atoms with van der Waals surface area (Å²) in [6.45, 7) is 0. The van der Waals surface area contributed by atoms with Gasteiger partial charge >= 0.3 is 12.1 Å². The number of hydrogen-bond donors (Lipinski definition) is 0. The van der Waals surface area contributed by atoms with Crippen molar-refractivity contribution in [2.75, 3.05) is 7.11 Å². The molecule has 2 atom stereocenters. The highest BCUT2D eigenvalue weighted by Gasteiger charge is 2.43. The Labute approximate surface area is 196 Å². The number of aliphatic imine (C=N–C) groups is 1. The summed E-state index contributed by atoms with van der Waals surface area (Å²) >= 11 is 0. The molecule has 2 aromatic carbocycles. The number of benzene rings is 2. The molecule has 0 fully saturated rings. The molecule has 0 spiro atoms. The Morgan fingerprint density at radius 1 is 1.00 bits per heavy atom. The number of carbonyl (C=O) groups is 2. The van der Waals surface area contributed by atoms with Gasteiger partial charge in [-0.3, -0.25) is 9.59 Å². The van der Waals surface area contributed by atoms with Crippen molar-refractivity contribution in [3.63, 3.8) is 0 Å². The van der Waals surface area contributed by atoms with Crippen LogP contribution >= 0.6 is 0 Å².